The van der Waals surface area contributed by atoms with E-state index in [4.69, 9.17) is 14.2 Å². The number of rotatable bonds is 8. The van der Waals surface area contributed by atoms with Crippen molar-refractivity contribution in [3.05, 3.63) is 125 Å². The van der Waals surface area contributed by atoms with Crippen LogP contribution in [0.4, 0.5) is 17.1 Å². The number of para-hydroxylation sites is 2. The molecule has 0 aliphatic carbocycles. The molecule has 4 aromatic carbocycles. The second-order valence-electron chi connectivity index (χ2n) is 10.8. The summed E-state index contributed by atoms with van der Waals surface area (Å²) in [4.78, 5) is 41.0. The highest BCUT2D eigenvalue weighted by Crippen LogP contribution is 2.22. The standard InChI is InChI=1S/C36H35N5O6/c1-24(47-36(44)33(39-37-28-10-5-4-6-11-28)27-18-20-29(21-19-27)41(2)3)25-14-16-26(17-15-25)32-35(43)46-23-9-22-45-34(42)30-12-7-8-13-31(30)38-40-32/h4-8,10-21,24,37-38H,9,22-23H2,1-3H3/b39-33-,40-32-. The highest BCUT2D eigenvalue weighted by Gasteiger charge is 2.22. The number of nitrogens with zero attached hydrogens (tertiary/aromatic N) is 3. The van der Waals surface area contributed by atoms with Gasteiger partial charge in [-0.1, -0.05) is 66.7 Å². The lowest BCUT2D eigenvalue weighted by Crippen LogP contribution is -2.23. The van der Waals surface area contributed by atoms with E-state index in [9.17, 15) is 14.4 Å². The number of fused-ring (bicyclic) bond motifs is 1. The number of benzene rings is 4. The van der Waals surface area contributed by atoms with Gasteiger partial charge in [0.15, 0.2) is 11.4 Å². The fourth-order valence-corrected chi connectivity index (χ4v) is 4.61. The summed E-state index contributed by atoms with van der Waals surface area (Å²) in [7, 11) is 3.88. The van der Waals surface area contributed by atoms with Crippen LogP contribution in [0.5, 0.6) is 0 Å². The van der Waals surface area contributed by atoms with Crippen LogP contribution in [0.1, 0.15) is 46.5 Å². The maximum absolute atomic E-state index is 13.5. The minimum atomic E-state index is -0.652. The number of cyclic esters (lactones) is 2. The zero-order valence-corrected chi connectivity index (χ0v) is 26.3. The number of nitrogens with one attached hydrogen (secondary N) is 2. The third-order valence-corrected chi connectivity index (χ3v) is 7.24. The lowest BCUT2D eigenvalue weighted by atomic mass is 10.0. The van der Waals surface area contributed by atoms with Gasteiger partial charge in [0.25, 0.3) is 0 Å². The summed E-state index contributed by atoms with van der Waals surface area (Å²) in [5, 5.41) is 8.71. The van der Waals surface area contributed by atoms with Gasteiger partial charge in [-0.3, -0.25) is 10.9 Å². The highest BCUT2D eigenvalue weighted by molar-refractivity contribution is 6.44. The molecule has 1 atom stereocenters. The number of hydrogen-bond donors (Lipinski definition) is 2. The summed E-state index contributed by atoms with van der Waals surface area (Å²) in [5.74, 6) is -1.75. The van der Waals surface area contributed by atoms with Gasteiger partial charge in [0, 0.05) is 37.3 Å². The quantitative estimate of drug-likeness (QED) is 0.107. The second kappa shape index (κ2) is 15.3. The molecule has 2 N–H and O–H groups in total. The van der Waals surface area contributed by atoms with Crippen LogP contribution in [0.25, 0.3) is 0 Å². The van der Waals surface area contributed by atoms with Crippen molar-refractivity contribution in [2.75, 3.05) is 43.1 Å². The molecule has 0 saturated heterocycles. The Morgan fingerprint density at radius 2 is 1.53 bits per heavy atom. The molecule has 11 heteroatoms. The molecule has 0 bridgehead atoms. The van der Waals surface area contributed by atoms with Crippen molar-refractivity contribution in [1.82, 2.24) is 0 Å². The van der Waals surface area contributed by atoms with Gasteiger partial charge in [-0.15, -0.1) is 0 Å². The molecular weight excluding hydrogens is 598 g/mol. The van der Waals surface area contributed by atoms with E-state index in [-0.39, 0.29) is 24.6 Å². The molecule has 1 aliphatic heterocycles. The maximum atomic E-state index is 13.5. The molecule has 0 radical (unpaired) electrons. The Labute approximate surface area is 272 Å². The first-order valence-electron chi connectivity index (χ1n) is 15.0. The van der Waals surface area contributed by atoms with Crippen molar-refractivity contribution in [2.45, 2.75) is 19.4 Å². The lowest BCUT2D eigenvalue weighted by Gasteiger charge is -2.17. The van der Waals surface area contributed by atoms with Crippen LogP contribution in [0.2, 0.25) is 0 Å². The minimum Gasteiger partial charge on any atom is -0.462 e. The van der Waals surface area contributed by atoms with Gasteiger partial charge in [-0.05, 0) is 48.9 Å². The topological polar surface area (TPSA) is 131 Å². The van der Waals surface area contributed by atoms with Gasteiger partial charge in [0.05, 0.1) is 30.2 Å². The molecule has 1 unspecified atom stereocenters. The van der Waals surface area contributed by atoms with Gasteiger partial charge in [0.1, 0.15) is 6.10 Å². The van der Waals surface area contributed by atoms with E-state index in [0.717, 1.165) is 11.4 Å². The van der Waals surface area contributed by atoms with Gasteiger partial charge >= 0.3 is 17.9 Å². The third kappa shape index (κ3) is 8.40. The molecule has 47 heavy (non-hydrogen) atoms. The number of hydrogen-bond acceptors (Lipinski definition) is 11. The van der Waals surface area contributed by atoms with Gasteiger partial charge in [-0.25, -0.2) is 14.4 Å². The number of carbonyl (C=O) groups is 3. The van der Waals surface area contributed by atoms with Gasteiger partial charge in [0.2, 0.25) is 0 Å². The zero-order chi connectivity index (χ0) is 33.2. The van der Waals surface area contributed by atoms with Crippen LogP contribution in [-0.2, 0) is 23.8 Å². The largest absolute Gasteiger partial charge is 0.462 e. The second-order valence-corrected chi connectivity index (χ2v) is 10.8. The Morgan fingerprint density at radius 1 is 0.872 bits per heavy atom. The van der Waals surface area contributed by atoms with Crippen LogP contribution in [0.3, 0.4) is 0 Å². The SMILES string of the molecule is CC(OC(=O)/C(=N\Nc1ccccc1)c1ccc(N(C)C)cc1)c1ccc(/C2=N/Nc3ccccc3C(=O)OCCCOC2=O)cc1. The third-order valence-electron chi connectivity index (χ3n) is 7.24. The Bertz CT molecular complexity index is 1770. The van der Waals surface area contributed by atoms with E-state index in [1.165, 1.54) is 0 Å². The van der Waals surface area contributed by atoms with E-state index in [1.807, 2.05) is 73.6 Å². The molecular formula is C36H35N5O6. The Hall–Kier alpha value is -5.97. The number of carbonyl (C=O) groups excluding carboxylic acids is 3. The van der Waals surface area contributed by atoms with E-state index < -0.39 is 24.0 Å². The summed E-state index contributed by atoms with van der Waals surface area (Å²) in [5.41, 5.74) is 10.0. The summed E-state index contributed by atoms with van der Waals surface area (Å²) in [6, 6.07) is 30.4. The number of esters is 3. The van der Waals surface area contributed by atoms with Crippen LogP contribution in [-0.4, -0.2) is 56.6 Å². The number of ether oxygens (including phenoxy) is 3. The van der Waals surface area contributed by atoms with E-state index in [0.29, 0.717) is 34.4 Å². The Kier molecular flexibility index (Phi) is 10.6. The summed E-state index contributed by atoms with van der Waals surface area (Å²) in [6.07, 6.45) is -0.311. The molecule has 0 amide bonds. The van der Waals surface area contributed by atoms with E-state index in [1.54, 1.807) is 55.5 Å². The lowest BCUT2D eigenvalue weighted by molar-refractivity contribution is -0.140. The highest BCUT2D eigenvalue weighted by atomic mass is 16.5. The fraction of sp³-hybridized carbons (Fsp3) is 0.194. The first-order valence-corrected chi connectivity index (χ1v) is 15.0. The first kappa shape index (κ1) is 32.4. The number of anilines is 3. The molecule has 1 aliphatic rings. The molecule has 5 rings (SSSR count). The van der Waals surface area contributed by atoms with Crippen molar-refractivity contribution in [3.8, 4) is 0 Å². The Morgan fingerprint density at radius 3 is 2.23 bits per heavy atom. The van der Waals surface area contributed by atoms with Crippen molar-refractivity contribution in [2.24, 2.45) is 10.2 Å². The Balaban J connectivity index is 1.36. The van der Waals surface area contributed by atoms with Crippen LogP contribution in [0, 0.1) is 0 Å². The summed E-state index contributed by atoms with van der Waals surface area (Å²) < 4.78 is 16.5. The molecule has 0 fully saturated rings. The maximum Gasteiger partial charge on any atom is 0.360 e. The summed E-state index contributed by atoms with van der Waals surface area (Å²) in [6.45, 7) is 1.91. The molecule has 4 aromatic rings. The van der Waals surface area contributed by atoms with Crippen LogP contribution in [0.15, 0.2) is 113 Å². The van der Waals surface area contributed by atoms with Crippen molar-refractivity contribution < 1.29 is 28.6 Å². The molecule has 0 aromatic heterocycles. The average molecular weight is 634 g/mol. The molecule has 0 spiro atoms. The fourth-order valence-electron chi connectivity index (χ4n) is 4.61. The minimum absolute atomic E-state index is 0.0209. The normalized spacial score (nSPS) is 15.6. The van der Waals surface area contributed by atoms with Gasteiger partial charge in [-0.2, -0.15) is 10.2 Å². The van der Waals surface area contributed by atoms with Crippen molar-refractivity contribution in [3.63, 3.8) is 0 Å². The number of hydrazone groups is 2. The predicted molar refractivity (Wildman–Crippen MR) is 181 cm³/mol. The van der Waals surface area contributed by atoms with Gasteiger partial charge < -0.3 is 19.1 Å². The van der Waals surface area contributed by atoms with Crippen molar-refractivity contribution >= 4 is 46.4 Å². The van der Waals surface area contributed by atoms with E-state index >= 15 is 0 Å². The monoisotopic (exact) mass is 633 g/mol. The van der Waals surface area contributed by atoms with Crippen LogP contribution >= 0.6 is 0 Å². The first-order chi connectivity index (χ1) is 22.8. The molecule has 0 saturated carbocycles. The smallest absolute Gasteiger partial charge is 0.360 e. The summed E-state index contributed by atoms with van der Waals surface area (Å²) >= 11 is 0. The zero-order valence-electron chi connectivity index (χ0n) is 26.3. The molecule has 11 nitrogen and oxygen atoms in total. The predicted octanol–water partition coefficient (Wildman–Crippen LogP) is 5.79. The van der Waals surface area contributed by atoms with E-state index in [2.05, 4.69) is 21.1 Å². The van der Waals surface area contributed by atoms with Crippen molar-refractivity contribution in [1.29, 1.82) is 0 Å². The van der Waals surface area contributed by atoms with Crippen LogP contribution < -0.4 is 15.8 Å². The molecule has 240 valence electrons. The molecule has 1 heterocycles. The average Bonchev–Trinajstić information content (AvgIpc) is 3.09.